The van der Waals surface area contributed by atoms with Gasteiger partial charge in [0.2, 0.25) is 15.9 Å². The van der Waals surface area contributed by atoms with Crippen LogP contribution < -0.4 is 10.0 Å². The van der Waals surface area contributed by atoms with Gasteiger partial charge in [0.1, 0.15) is 46.6 Å². The number of fused-ring (bicyclic) bond motifs is 2. The first-order valence-corrected chi connectivity index (χ1v) is 23.3. The van der Waals surface area contributed by atoms with E-state index in [0.29, 0.717) is 23.6 Å². The van der Waals surface area contributed by atoms with Gasteiger partial charge in [0, 0.05) is 35.4 Å². The molecule has 342 valence electrons. The maximum Gasteiger partial charge on any atom is 0.290 e. The van der Waals surface area contributed by atoms with Crippen LogP contribution in [0.25, 0.3) is 22.0 Å². The van der Waals surface area contributed by atoms with Crippen molar-refractivity contribution in [2.75, 3.05) is 11.0 Å². The van der Waals surface area contributed by atoms with Crippen LogP contribution in [0.15, 0.2) is 42.5 Å². The van der Waals surface area contributed by atoms with Crippen molar-refractivity contribution in [1.82, 2.24) is 29.9 Å². The number of sulfonamides is 1. The molecule has 0 radical (unpaired) electrons. The fourth-order valence-corrected chi connectivity index (χ4v) is 9.37. The van der Waals surface area contributed by atoms with Crippen LogP contribution >= 0.6 is 11.6 Å². The molecule has 5 aromatic rings. The number of pyridine rings is 1. The van der Waals surface area contributed by atoms with E-state index in [1.807, 2.05) is 0 Å². The molecule has 12 nitrogen and oxygen atoms in total. The largest absolute Gasteiger partial charge is 0.346 e. The maximum atomic E-state index is 15.3. The normalized spacial score (nSPS) is 16.8. The number of anilines is 1. The second kappa shape index (κ2) is 16.9. The summed E-state index contributed by atoms with van der Waals surface area (Å²) in [5.41, 5.74) is -2.81. The van der Waals surface area contributed by atoms with E-state index in [0.717, 1.165) is 23.1 Å². The van der Waals surface area contributed by atoms with E-state index in [4.69, 9.17) is 11.6 Å². The highest BCUT2D eigenvalue weighted by atomic mass is 35.5. The lowest BCUT2D eigenvalue weighted by Crippen LogP contribution is -2.35. The summed E-state index contributed by atoms with van der Waals surface area (Å²) >= 11 is 6.62. The fourth-order valence-electron chi connectivity index (χ4n) is 7.56. The van der Waals surface area contributed by atoms with Crippen LogP contribution in [0.2, 0.25) is 5.02 Å². The number of rotatable bonds is 14. The van der Waals surface area contributed by atoms with Crippen LogP contribution in [0.3, 0.4) is 0 Å². The van der Waals surface area contributed by atoms with E-state index < -0.39 is 121 Å². The van der Waals surface area contributed by atoms with Crippen molar-refractivity contribution in [2.24, 2.45) is 0 Å². The molecule has 2 aromatic carbocycles. The maximum absolute atomic E-state index is 15.3. The van der Waals surface area contributed by atoms with Gasteiger partial charge in [0.05, 0.1) is 32.9 Å². The van der Waals surface area contributed by atoms with E-state index >= 15 is 8.78 Å². The molecule has 2 N–H and O–H groups in total. The molecular formula is C41H38ClF8N7O5S2. The van der Waals surface area contributed by atoms with Gasteiger partial charge in [0.15, 0.2) is 15.7 Å². The molecule has 64 heavy (non-hydrogen) atoms. The molecule has 2 aliphatic rings. The molecule has 0 spiro atoms. The zero-order valence-corrected chi connectivity index (χ0v) is 36.6. The number of carbonyl (C=O) groups excluding carboxylic acids is 1. The molecule has 2 atom stereocenters. The molecular weight excluding hydrogens is 922 g/mol. The van der Waals surface area contributed by atoms with Gasteiger partial charge in [-0.05, 0) is 80.8 Å². The average molecular weight is 960 g/mol. The lowest BCUT2D eigenvalue weighted by molar-refractivity contribution is -0.122. The Bertz CT molecular complexity index is 2960. The van der Waals surface area contributed by atoms with E-state index in [-0.39, 0.29) is 49.8 Å². The number of alkyl halides is 6. The van der Waals surface area contributed by atoms with Gasteiger partial charge in [-0.1, -0.05) is 30.5 Å². The minimum Gasteiger partial charge on any atom is -0.346 e. The Morgan fingerprint density at radius 1 is 0.969 bits per heavy atom. The minimum absolute atomic E-state index is 0.00710. The van der Waals surface area contributed by atoms with E-state index in [1.165, 1.54) is 45.0 Å². The Kier molecular flexibility index (Phi) is 12.4. The smallest absolute Gasteiger partial charge is 0.290 e. The molecule has 1 unspecified atom stereocenters. The predicted octanol–water partition coefficient (Wildman–Crippen LogP) is 8.21. The molecule has 2 aliphatic carbocycles. The van der Waals surface area contributed by atoms with Crippen molar-refractivity contribution < 1.29 is 56.8 Å². The van der Waals surface area contributed by atoms with Crippen molar-refractivity contribution in [3.8, 4) is 23.0 Å². The quantitative estimate of drug-likeness (QED) is 0.0833. The number of carbonyl (C=O) groups is 1. The number of aromatic nitrogens is 5. The first kappa shape index (κ1) is 46.7. The van der Waals surface area contributed by atoms with Crippen LogP contribution in [0, 0.1) is 23.5 Å². The molecule has 3 heterocycles. The van der Waals surface area contributed by atoms with Crippen LogP contribution in [-0.4, -0.2) is 70.0 Å². The van der Waals surface area contributed by atoms with Gasteiger partial charge in [-0.2, -0.15) is 19.0 Å². The number of nitrogens with zero attached hydrogens (tertiary/aromatic N) is 5. The number of hydrogen-bond donors (Lipinski definition) is 2. The number of sulfone groups is 1. The number of amides is 1. The Morgan fingerprint density at radius 2 is 1.62 bits per heavy atom. The Labute approximate surface area is 366 Å². The summed E-state index contributed by atoms with van der Waals surface area (Å²) < 4.78 is 170. The van der Waals surface area contributed by atoms with Crippen molar-refractivity contribution >= 4 is 54.1 Å². The molecule has 0 bridgehead atoms. The summed E-state index contributed by atoms with van der Waals surface area (Å²) in [5, 5.41) is 9.45. The third-order valence-corrected chi connectivity index (χ3v) is 15.0. The molecule has 1 amide bonds. The summed E-state index contributed by atoms with van der Waals surface area (Å²) in [7, 11) is -7.83. The number of halogens is 9. The fraction of sp³-hybridized carbons (Fsp3) is 0.415. The molecule has 0 saturated heterocycles. The zero-order chi connectivity index (χ0) is 46.8. The van der Waals surface area contributed by atoms with Gasteiger partial charge in [0.25, 0.3) is 18.8 Å². The van der Waals surface area contributed by atoms with Crippen LogP contribution in [0.1, 0.15) is 92.3 Å². The van der Waals surface area contributed by atoms with Gasteiger partial charge >= 0.3 is 0 Å². The van der Waals surface area contributed by atoms with Crippen molar-refractivity contribution in [1.29, 1.82) is 0 Å². The first-order valence-electron chi connectivity index (χ1n) is 19.5. The van der Waals surface area contributed by atoms with Crippen molar-refractivity contribution in [2.45, 2.75) is 100 Å². The number of nitrogens with one attached hydrogen (secondary N) is 2. The number of hydrogen-bond acceptors (Lipinski definition) is 8. The molecule has 0 aliphatic heterocycles. The van der Waals surface area contributed by atoms with Gasteiger partial charge < -0.3 is 5.32 Å². The highest BCUT2D eigenvalue weighted by Gasteiger charge is 2.50. The Balaban J connectivity index is 1.44. The Hall–Kier alpha value is -5.27. The summed E-state index contributed by atoms with van der Waals surface area (Å²) in [6.45, 7) is 1.83. The summed E-state index contributed by atoms with van der Waals surface area (Å²) in [4.78, 5) is 18.7. The van der Waals surface area contributed by atoms with Gasteiger partial charge in [-0.3, -0.25) is 18.9 Å². The monoisotopic (exact) mass is 959 g/mol. The SMILES string of the molecule is C[C@H]1CC(F)(F)c2c1c(C(F)F)nn2CC(=O)NC(Cc1cc(F)cc(F)c1)c1nc(C#CC(C)(C)S(C)(=O)=O)ccc1-c1ccc(Cl)c2c(NS(=O)(=O)C3CC3)nn(CC(F)F)c12. The zero-order valence-electron chi connectivity index (χ0n) is 34.2. The third-order valence-electron chi connectivity index (χ3n) is 10.9. The standard InChI is InChI=1S/C41H38ClF8N7O5S2/c1-20-17-41(49,50)37-32(20)35(38(47)48)53-57(37)19-31(58)52-29(15-21-13-22(43)16-23(44)14-21)34-26(8-5-24(51-34)11-12-40(2,3)63(4,59)60)27-9-10-28(42)33-36(27)56(18-30(45)46)54-39(33)55-64(61,62)25-6-7-25/h5,8-10,13-14,16,20,25,29-30,38H,6-7,15,17-19H2,1-4H3,(H,52,58)(H,54,55)/t20-,29?/m0/s1. The second-order valence-electron chi connectivity index (χ2n) is 16.3. The number of benzene rings is 2. The van der Waals surface area contributed by atoms with Gasteiger partial charge in [-0.25, -0.2) is 48.2 Å². The topological polar surface area (TPSA) is 158 Å². The lowest BCUT2D eigenvalue weighted by atomic mass is 9.93. The molecule has 1 saturated carbocycles. The van der Waals surface area contributed by atoms with Crippen LogP contribution in [0.5, 0.6) is 0 Å². The van der Waals surface area contributed by atoms with Gasteiger partial charge in [-0.15, -0.1) is 0 Å². The van der Waals surface area contributed by atoms with E-state index in [2.05, 4.69) is 37.1 Å². The van der Waals surface area contributed by atoms with E-state index in [9.17, 15) is 48.0 Å². The molecule has 1 fully saturated rings. The minimum atomic E-state index is -4.04. The Morgan fingerprint density at radius 3 is 2.23 bits per heavy atom. The summed E-state index contributed by atoms with van der Waals surface area (Å²) in [5.74, 6) is -2.96. The van der Waals surface area contributed by atoms with Crippen molar-refractivity contribution in [3.63, 3.8) is 0 Å². The van der Waals surface area contributed by atoms with Crippen molar-refractivity contribution in [3.05, 3.63) is 93.0 Å². The molecule has 23 heteroatoms. The summed E-state index contributed by atoms with van der Waals surface area (Å²) in [6.07, 6.45) is -6.02. The second-order valence-corrected chi connectivity index (χ2v) is 21.2. The first-order chi connectivity index (χ1) is 29.8. The average Bonchev–Trinajstić information content (AvgIpc) is 3.82. The summed E-state index contributed by atoms with van der Waals surface area (Å²) in [6, 6.07) is 6.22. The highest BCUT2D eigenvalue weighted by molar-refractivity contribution is 7.93. The third kappa shape index (κ3) is 9.42. The highest BCUT2D eigenvalue weighted by Crippen LogP contribution is 2.51. The molecule has 7 rings (SSSR count). The van der Waals surface area contributed by atoms with E-state index in [1.54, 1.807) is 0 Å². The van der Waals surface area contributed by atoms with Crippen LogP contribution in [0.4, 0.5) is 40.9 Å². The lowest BCUT2D eigenvalue weighted by Gasteiger charge is -2.23. The predicted molar refractivity (Wildman–Crippen MR) is 220 cm³/mol. The molecule has 3 aromatic heterocycles. The van der Waals surface area contributed by atoms with Crippen LogP contribution in [-0.2, 0) is 50.1 Å².